The SMILES string of the molecule is CCOc1ccc(NC(=O)CNC(=O)c2nc(N(CC)CC)ncc2Cl)cc1. The lowest BCUT2D eigenvalue weighted by atomic mass is 10.3. The minimum Gasteiger partial charge on any atom is -0.494 e. The van der Waals surface area contributed by atoms with Crippen molar-refractivity contribution in [1.82, 2.24) is 15.3 Å². The van der Waals surface area contributed by atoms with Gasteiger partial charge in [0.25, 0.3) is 5.91 Å². The standard InChI is InChI=1S/C19H24ClN5O3/c1-4-25(5-2)19-22-11-15(20)17(24-19)18(27)21-12-16(26)23-13-7-9-14(10-8-13)28-6-3/h7-11H,4-6,12H2,1-3H3,(H,21,27)(H,23,26). The van der Waals surface area contributed by atoms with E-state index in [-0.39, 0.29) is 23.2 Å². The van der Waals surface area contributed by atoms with E-state index in [0.29, 0.717) is 31.3 Å². The number of hydrogen-bond acceptors (Lipinski definition) is 6. The number of ether oxygens (including phenoxy) is 1. The fraction of sp³-hybridized carbons (Fsp3) is 0.368. The Labute approximate surface area is 169 Å². The minimum atomic E-state index is -0.539. The smallest absolute Gasteiger partial charge is 0.272 e. The Kier molecular flexibility index (Phi) is 8.01. The predicted molar refractivity (Wildman–Crippen MR) is 109 cm³/mol. The van der Waals surface area contributed by atoms with Gasteiger partial charge in [-0.2, -0.15) is 0 Å². The second-order valence-corrected chi connectivity index (χ2v) is 6.13. The first-order valence-corrected chi connectivity index (χ1v) is 9.44. The van der Waals surface area contributed by atoms with Crippen molar-refractivity contribution < 1.29 is 14.3 Å². The molecular weight excluding hydrogens is 382 g/mol. The number of carbonyl (C=O) groups is 2. The number of anilines is 2. The molecule has 0 saturated heterocycles. The monoisotopic (exact) mass is 405 g/mol. The molecule has 28 heavy (non-hydrogen) atoms. The van der Waals surface area contributed by atoms with Gasteiger partial charge in [0.05, 0.1) is 24.4 Å². The van der Waals surface area contributed by atoms with Crippen molar-refractivity contribution in [2.24, 2.45) is 0 Å². The number of halogens is 1. The van der Waals surface area contributed by atoms with Crippen LogP contribution >= 0.6 is 11.6 Å². The Hall–Kier alpha value is -2.87. The summed E-state index contributed by atoms with van der Waals surface area (Å²) < 4.78 is 5.35. The fourth-order valence-electron chi connectivity index (χ4n) is 2.43. The topological polar surface area (TPSA) is 96.5 Å². The van der Waals surface area contributed by atoms with E-state index in [2.05, 4.69) is 20.6 Å². The first-order chi connectivity index (χ1) is 13.5. The fourth-order valence-corrected chi connectivity index (χ4v) is 2.60. The van der Waals surface area contributed by atoms with Crippen LogP contribution in [0.15, 0.2) is 30.5 Å². The molecule has 2 amide bonds. The number of aromatic nitrogens is 2. The number of hydrogen-bond donors (Lipinski definition) is 2. The van der Waals surface area contributed by atoms with Gasteiger partial charge in [-0.3, -0.25) is 9.59 Å². The molecule has 0 radical (unpaired) electrons. The van der Waals surface area contributed by atoms with Crippen LogP contribution < -0.4 is 20.3 Å². The van der Waals surface area contributed by atoms with E-state index < -0.39 is 5.91 Å². The highest BCUT2D eigenvalue weighted by molar-refractivity contribution is 6.33. The van der Waals surface area contributed by atoms with E-state index in [1.165, 1.54) is 6.20 Å². The summed E-state index contributed by atoms with van der Waals surface area (Å²) >= 11 is 6.05. The largest absolute Gasteiger partial charge is 0.494 e. The Morgan fingerprint density at radius 3 is 2.43 bits per heavy atom. The molecule has 8 nitrogen and oxygen atoms in total. The highest BCUT2D eigenvalue weighted by Crippen LogP contribution is 2.17. The van der Waals surface area contributed by atoms with Crippen molar-refractivity contribution >= 4 is 35.1 Å². The number of amides is 2. The maximum Gasteiger partial charge on any atom is 0.272 e. The summed E-state index contributed by atoms with van der Waals surface area (Å²) in [6, 6.07) is 6.96. The van der Waals surface area contributed by atoms with Crippen LogP contribution in [0.5, 0.6) is 5.75 Å². The van der Waals surface area contributed by atoms with E-state index in [0.717, 1.165) is 5.75 Å². The zero-order valence-electron chi connectivity index (χ0n) is 16.2. The maximum absolute atomic E-state index is 12.4. The van der Waals surface area contributed by atoms with Gasteiger partial charge >= 0.3 is 0 Å². The molecule has 0 aliphatic heterocycles. The van der Waals surface area contributed by atoms with Crippen LogP contribution in [-0.2, 0) is 4.79 Å². The molecule has 2 aromatic rings. The first-order valence-electron chi connectivity index (χ1n) is 9.06. The van der Waals surface area contributed by atoms with Crippen molar-refractivity contribution in [2.45, 2.75) is 20.8 Å². The molecule has 0 aliphatic rings. The van der Waals surface area contributed by atoms with E-state index in [1.807, 2.05) is 25.7 Å². The number of nitrogens with one attached hydrogen (secondary N) is 2. The van der Waals surface area contributed by atoms with Gasteiger partial charge in [-0.05, 0) is 45.0 Å². The van der Waals surface area contributed by atoms with Crippen LogP contribution in [0.2, 0.25) is 5.02 Å². The van der Waals surface area contributed by atoms with Crippen LogP contribution in [0, 0.1) is 0 Å². The van der Waals surface area contributed by atoms with Gasteiger partial charge in [0.2, 0.25) is 11.9 Å². The third kappa shape index (κ3) is 5.82. The molecule has 1 heterocycles. The molecule has 0 aliphatic carbocycles. The highest BCUT2D eigenvalue weighted by atomic mass is 35.5. The zero-order valence-corrected chi connectivity index (χ0v) is 16.9. The summed E-state index contributed by atoms with van der Waals surface area (Å²) in [5.74, 6) is 0.226. The van der Waals surface area contributed by atoms with Crippen LogP contribution in [-0.4, -0.2) is 48.0 Å². The summed E-state index contributed by atoms with van der Waals surface area (Å²) in [5, 5.41) is 5.35. The van der Waals surface area contributed by atoms with Gasteiger partial charge in [-0.25, -0.2) is 9.97 Å². The van der Waals surface area contributed by atoms with Crippen molar-refractivity contribution in [1.29, 1.82) is 0 Å². The zero-order chi connectivity index (χ0) is 20.5. The average molecular weight is 406 g/mol. The van der Waals surface area contributed by atoms with E-state index in [4.69, 9.17) is 16.3 Å². The van der Waals surface area contributed by atoms with Crippen molar-refractivity contribution in [3.8, 4) is 5.75 Å². The van der Waals surface area contributed by atoms with Gasteiger partial charge < -0.3 is 20.3 Å². The number of benzene rings is 1. The van der Waals surface area contributed by atoms with Crippen LogP contribution in [0.4, 0.5) is 11.6 Å². The van der Waals surface area contributed by atoms with E-state index >= 15 is 0 Å². The van der Waals surface area contributed by atoms with Gasteiger partial charge in [0.1, 0.15) is 5.75 Å². The lowest BCUT2D eigenvalue weighted by Gasteiger charge is -2.19. The van der Waals surface area contributed by atoms with Gasteiger partial charge in [-0.1, -0.05) is 11.6 Å². The molecule has 0 spiro atoms. The molecule has 9 heteroatoms. The lowest BCUT2D eigenvalue weighted by molar-refractivity contribution is -0.115. The third-order valence-corrected chi connectivity index (χ3v) is 4.13. The molecular formula is C19H24ClN5O3. The van der Waals surface area contributed by atoms with Crippen molar-refractivity contribution in [3.05, 3.63) is 41.2 Å². The number of carbonyl (C=O) groups excluding carboxylic acids is 2. The quantitative estimate of drug-likeness (QED) is 0.665. The molecule has 2 rings (SSSR count). The molecule has 0 unspecified atom stereocenters. The number of nitrogens with zero attached hydrogens (tertiary/aromatic N) is 3. The summed E-state index contributed by atoms with van der Waals surface area (Å²) in [6.45, 7) is 7.58. The van der Waals surface area contributed by atoms with E-state index in [1.54, 1.807) is 24.3 Å². The average Bonchev–Trinajstić information content (AvgIpc) is 2.70. The van der Waals surface area contributed by atoms with Crippen LogP contribution in [0.25, 0.3) is 0 Å². The van der Waals surface area contributed by atoms with Gasteiger partial charge in [-0.15, -0.1) is 0 Å². The second-order valence-electron chi connectivity index (χ2n) is 5.73. The van der Waals surface area contributed by atoms with Crippen molar-refractivity contribution in [2.75, 3.05) is 36.5 Å². The Morgan fingerprint density at radius 1 is 1.14 bits per heavy atom. The Balaban J connectivity index is 1.95. The highest BCUT2D eigenvalue weighted by Gasteiger charge is 2.17. The van der Waals surface area contributed by atoms with Crippen LogP contribution in [0.1, 0.15) is 31.3 Å². The number of rotatable bonds is 9. The van der Waals surface area contributed by atoms with Crippen LogP contribution in [0.3, 0.4) is 0 Å². The molecule has 2 N–H and O–H groups in total. The first kappa shape index (κ1) is 21.4. The predicted octanol–water partition coefficient (Wildman–Crippen LogP) is 2.74. The Bertz CT molecular complexity index is 810. The summed E-state index contributed by atoms with van der Waals surface area (Å²) in [4.78, 5) is 34.7. The lowest BCUT2D eigenvalue weighted by Crippen LogP contribution is -2.34. The molecule has 150 valence electrons. The summed E-state index contributed by atoms with van der Waals surface area (Å²) in [6.07, 6.45) is 1.39. The molecule has 0 saturated carbocycles. The molecule has 0 bridgehead atoms. The molecule has 0 fully saturated rings. The minimum absolute atomic E-state index is 0.0347. The second kappa shape index (κ2) is 10.5. The third-order valence-electron chi connectivity index (χ3n) is 3.85. The van der Waals surface area contributed by atoms with Gasteiger partial charge in [0.15, 0.2) is 5.69 Å². The van der Waals surface area contributed by atoms with Crippen molar-refractivity contribution in [3.63, 3.8) is 0 Å². The Morgan fingerprint density at radius 2 is 1.82 bits per heavy atom. The van der Waals surface area contributed by atoms with Gasteiger partial charge in [0, 0.05) is 18.8 Å². The maximum atomic E-state index is 12.4. The summed E-state index contributed by atoms with van der Waals surface area (Å²) in [7, 11) is 0. The molecule has 1 aromatic heterocycles. The molecule has 1 aromatic carbocycles. The van der Waals surface area contributed by atoms with E-state index in [9.17, 15) is 9.59 Å². The summed E-state index contributed by atoms with van der Waals surface area (Å²) in [5.41, 5.74) is 0.638. The molecule has 0 atom stereocenters. The normalized spacial score (nSPS) is 10.3.